The van der Waals surface area contributed by atoms with E-state index in [4.69, 9.17) is 9.15 Å². The monoisotopic (exact) mass is 302 g/mol. The largest absolute Gasteiger partial charge is 0.495 e. The van der Waals surface area contributed by atoms with Crippen LogP contribution >= 0.6 is 0 Å². The quantitative estimate of drug-likeness (QED) is 0.846. The fourth-order valence-electron chi connectivity index (χ4n) is 2.56. The zero-order valence-corrected chi connectivity index (χ0v) is 12.7. The summed E-state index contributed by atoms with van der Waals surface area (Å²) < 4.78 is 10.7. The van der Waals surface area contributed by atoms with Crippen LogP contribution in [0.25, 0.3) is 0 Å². The standard InChI is InChI=1S/C15H18N4O3/c1-11-16-17-14(22-11)9-18-7-8-19(15(20)10-18)12-5-3-4-6-13(12)21-2/h3-6H,7-10H2,1-2H3. The van der Waals surface area contributed by atoms with Gasteiger partial charge in [0.25, 0.3) is 0 Å². The van der Waals surface area contributed by atoms with Gasteiger partial charge in [0, 0.05) is 20.0 Å². The van der Waals surface area contributed by atoms with Crippen molar-refractivity contribution in [1.82, 2.24) is 15.1 Å². The fraction of sp³-hybridized carbons (Fsp3) is 0.400. The van der Waals surface area contributed by atoms with E-state index in [0.717, 1.165) is 12.2 Å². The molecule has 1 fully saturated rings. The molecule has 1 amide bonds. The Bertz CT molecular complexity index is 670. The van der Waals surface area contributed by atoms with E-state index < -0.39 is 0 Å². The van der Waals surface area contributed by atoms with Gasteiger partial charge in [-0.2, -0.15) is 0 Å². The maximum atomic E-state index is 12.4. The van der Waals surface area contributed by atoms with Gasteiger partial charge in [-0.1, -0.05) is 12.1 Å². The van der Waals surface area contributed by atoms with E-state index in [9.17, 15) is 4.79 Å². The van der Waals surface area contributed by atoms with Gasteiger partial charge in [0.15, 0.2) is 0 Å². The first-order chi connectivity index (χ1) is 10.7. The predicted octanol–water partition coefficient (Wildman–Crippen LogP) is 1.24. The predicted molar refractivity (Wildman–Crippen MR) is 79.7 cm³/mol. The number of hydrogen-bond acceptors (Lipinski definition) is 6. The van der Waals surface area contributed by atoms with E-state index in [1.54, 1.807) is 18.9 Å². The summed E-state index contributed by atoms with van der Waals surface area (Å²) in [5.41, 5.74) is 0.809. The second-order valence-corrected chi connectivity index (χ2v) is 5.14. The summed E-state index contributed by atoms with van der Waals surface area (Å²) >= 11 is 0. The Kier molecular flexibility index (Phi) is 4.06. The Labute approximate surface area is 128 Å². The van der Waals surface area contributed by atoms with Gasteiger partial charge in [-0.05, 0) is 12.1 Å². The number of nitrogens with zero attached hydrogens (tertiary/aromatic N) is 4. The number of para-hydroxylation sites is 2. The highest BCUT2D eigenvalue weighted by molar-refractivity contribution is 5.96. The lowest BCUT2D eigenvalue weighted by Gasteiger charge is -2.34. The molecule has 0 aliphatic carbocycles. The first kappa shape index (κ1) is 14.5. The SMILES string of the molecule is COc1ccccc1N1CCN(Cc2nnc(C)o2)CC1=O. The number of ether oxygens (including phenoxy) is 1. The first-order valence-corrected chi connectivity index (χ1v) is 7.12. The Morgan fingerprint density at radius 3 is 2.77 bits per heavy atom. The van der Waals surface area contributed by atoms with Crippen molar-refractivity contribution >= 4 is 11.6 Å². The van der Waals surface area contributed by atoms with Crippen molar-refractivity contribution < 1.29 is 13.9 Å². The molecule has 3 rings (SSSR count). The molecule has 0 bridgehead atoms. The molecule has 2 aromatic rings. The van der Waals surface area contributed by atoms with E-state index in [1.165, 1.54) is 0 Å². The molecule has 0 N–H and O–H groups in total. The van der Waals surface area contributed by atoms with Crippen molar-refractivity contribution in [2.24, 2.45) is 0 Å². The molecule has 0 saturated carbocycles. The van der Waals surface area contributed by atoms with Crippen LogP contribution in [0.4, 0.5) is 5.69 Å². The second-order valence-electron chi connectivity index (χ2n) is 5.14. The lowest BCUT2D eigenvalue weighted by atomic mass is 10.2. The average Bonchev–Trinajstić information content (AvgIpc) is 2.92. The van der Waals surface area contributed by atoms with Gasteiger partial charge in [-0.15, -0.1) is 10.2 Å². The Balaban J connectivity index is 1.68. The minimum atomic E-state index is 0.0342. The van der Waals surface area contributed by atoms with Crippen LogP contribution < -0.4 is 9.64 Å². The summed E-state index contributed by atoms with van der Waals surface area (Å²) in [6, 6.07) is 7.55. The molecule has 7 nitrogen and oxygen atoms in total. The van der Waals surface area contributed by atoms with E-state index in [0.29, 0.717) is 37.2 Å². The highest BCUT2D eigenvalue weighted by atomic mass is 16.5. The summed E-state index contributed by atoms with van der Waals surface area (Å²) in [5, 5.41) is 7.77. The van der Waals surface area contributed by atoms with Crippen molar-refractivity contribution in [3.63, 3.8) is 0 Å². The molecule has 116 valence electrons. The number of aryl methyl sites for hydroxylation is 1. The summed E-state index contributed by atoms with van der Waals surface area (Å²) in [4.78, 5) is 16.2. The number of aromatic nitrogens is 2. The molecule has 2 heterocycles. The van der Waals surface area contributed by atoms with Crippen LogP contribution in [-0.4, -0.2) is 47.7 Å². The normalized spacial score (nSPS) is 16.1. The third-order valence-electron chi connectivity index (χ3n) is 3.60. The minimum absolute atomic E-state index is 0.0342. The van der Waals surface area contributed by atoms with Gasteiger partial charge in [0.05, 0.1) is 25.9 Å². The molecular formula is C15H18N4O3. The van der Waals surface area contributed by atoms with Gasteiger partial charge in [-0.3, -0.25) is 9.69 Å². The molecule has 1 aliphatic heterocycles. The third-order valence-corrected chi connectivity index (χ3v) is 3.60. The zero-order valence-electron chi connectivity index (χ0n) is 12.7. The van der Waals surface area contributed by atoms with Gasteiger partial charge >= 0.3 is 0 Å². The summed E-state index contributed by atoms with van der Waals surface area (Å²) in [5.74, 6) is 1.81. The molecule has 1 aromatic heterocycles. The lowest BCUT2D eigenvalue weighted by molar-refractivity contribution is -0.121. The number of anilines is 1. The number of hydrogen-bond donors (Lipinski definition) is 0. The van der Waals surface area contributed by atoms with Gasteiger partial charge in [0.2, 0.25) is 17.7 Å². The smallest absolute Gasteiger partial charge is 0.241 e. The number of amides is 1. The molecular weight excluding hydrogens is 284 g/mol. The van der Waals surface area contributed by atoms with Crippen molar-refractivity contribution in [3.8, 4) is 5.75 Å². The lowest BCUT2D eigenvalue weighted by Crippen LogP contribution is -2.50. The number of carbonyl (C=O) groups excluding carboxylic acids is 1. The Hall–Kier alpha value is -2.41. The maximum absolute atomic E-state index is 12.4. The zero-order chi connectivity index (χ0) is 15.5. The third kappa shape index (κ3) is 2.94. The Morgan fingerprint density at radius 2 is 2.09 bits per heavy atom. The van der Waals surface area contributed by atoms with E-state index in [-0.39, 0.29) is 5.91 Å². The van der Waals surface area contributed by atoms with Crippen molar-refractivity contribution in [1.29, 1.82) is 0 Å². The maximum Gasteiger partial charge on any atom is 0.241 e. The van der Waals surface area contributed by atoms with Crippen LogP contribution in [0.15, 0.2) is 28.7 Å². The number of benzene rings is 1. The Morgan fingerprint density at radius 1 is 1.27 bits per heavy atom. The number of carbonyl (C=O) groups is 1. The highest BCUT2D eigenvalue weighted by Crippen LogP contribution is 2.28. The highest BCUT2D eigenvalue weighted by Gasteiger charge is 2.27. The molecule has 7 heteroatoms. The summed E-state index contributed by atoms with van der Waals surface area (Å²) in [6.07, 6.45) is 0. The molecule has 0 unspecified atom stereocenters. The molecule has 1 aliphatic rings. The second kappa shape index (κ2) is 6.15. The van der Waals surface area contributed by atoms with Gasteiger partial charge in [-0.25, -0.2) is 0 Å². The first-order valence-electron chi connectivity index (χ1n) is 7.12. The molecule has 0 atom stereocenters. The summed E-state index contributed by atoms with van der Waals surface area (Å²) in [6.45, 7) is 3.91. The molecule has 0 radical (unpaired) electrons. The topological polar surface area (TPSA) is 71.7 Å². The summed E-state index contributed by atoms with van der Waals surface area (Å²) in [7, 11) is 1.61. The van der Waals surface area contributed by atoms with Crippen molar-refractivity contribution in [3.05, 3.63) is 36.0 Å². The number of piperazine rings is 1. The van der Waals surface area contributed by atoms with E-state index >= 15 is 0 Å². The molecule has 0 spiro atoms. The molecule has 1 aromatic carbocycles. The van der Waals surface area contributed by atoms with Crippen LogP contribution in [-0.2, 0) is 11.3 Å². The van der Waals surface area contributed by atoms with Crippen LogP contribution in [0.2, 0.25) is 0 Å². The van der Waals surface area contributed by atoms with Crippen molar-refractivity contribution in [2.75, 3.05) is 31.6 Å². The minimum Gasteiger partial charge on any atom is -0.495 e. The van der Waals surface area contributed by atoms with Crippen LogP contribution in [0.3, 0.4) is 0 Å². The van der Waals surface area contributed by atoms with Crippen LogP contribution in [0.5, 0.6) is 5.75 Å². The molecule has 22 heavy (non-hydrogen) atoms. The van der Waals surface area contributed by atoms with E-state index in [1.807, 2.05) is 29.2 Å². The van der Waals surface area contributed by atoms with Gasteiger partial charge in [0.1, 0.15) is 5.75 Å². The number of rotatable bonds is 4. The fourth-order valence-corrected chi connectivity index (χ4v) is 2.56. The van der Waals surface area contributed by atoms with Crippen LogP contribution in [0, 0.1) is 6.92 Å². The van der Waals surface area contributed by atoms with Crippen LogP contribution in [0.1, 0.15) is 11.8 Å². The van der Waals surface area contributed by atoms with Crippen molar-refractivity contribution in [2.45, 2.75) is 13.5 Å². The average molecular weight is 302 g/mol. The molecule has 1 saturated heterocycles. The number of methoxy groups -OCH3 is 1. The van der Waals surface area contributed by atoms with Gasteiger partial charge < -0.3 is 14.1 Å². The van der Waals surface area contributed by atoms with E-state index in [2.05, 4.69) is 10.2 Å².